The average molecular weight is 489 g/mol. The predicted octanol–water partition coefficient (Wildman–Crippen LogP) is 7.10. The number of esters is 2. The van der Waals surface area contributed by atoms with Crippen LogP contribution in [0.1, 0.15) is 71.4 Å². The van der Waals surface area contributed by atoms with Gasteiger partial charge < -0.3 is 19.4 Å². The molecule has 4 aromatic rings. The van der Waals surface area contributed by atoms with Gasteiger partial charge in [-0.2, -0.15) is 0 Å². The molecule has 0 fully saturated rings. The number of benzene rings is 2. The van der Waals surface area contributed by atoms with Crippen molar-refractivity contribution in [3.05, 3.63) is 72.1 Å². The van der Waals surface area contributed by atoms with E-state index in [2.05, 4.69) is 9.97 Å². The topological polar surface area (TPSA) is 84.2 Å². The Morgan fingerprint density at radius 3 is 1.42 bits per heavy atom. The van der Waals surface area contributed by atoms with Crippen molar-refractivity contribution in [2.75, 3.05) is 0 Å². The molecule has 0 bridgehead atoms. The van der Waals surface area contributed by atoms with Crippen LogP contribution in [0.25, 0.3) is 21.8 Å². The Kier molecular flexibility index (Phi) is 7.25. The van der Waals surface area contributed by atoms with E-state index in [1.165, 1.54) is 0 Å². The molecular weight excluding hydrogens is 452 g/mol. The predicted molar refractivity (Wildman–Crippen MR) is 142 cm³/mol. The number of H-pyrrole nitrogens is 2. The van der Waals surface area contributed by atoms with E-state index in [4.69, 9.17) is 9.47 Å². The molecule has 2 aromatic carbocycles. The minimum atomic E-state index is -1.06. The van der Waals surface area contributed by atoms with E-state index >= 15 is 0 Å². The molecule has 4 rings (SSSR count). The summed E-state index contributed by atoms with van der Waals surface area (Å²) in [6.07, 6.45) is 6.16. The molecule has 0 aliphatic heterocycles. The summed E-state index contributed by atoms with van der Waals surface area (Å²) in [5, 5.41) is 2.03. The first kappa shape index (κ1) is 25.5. The van der Waals surface area contributed by atoms with Gasteiger partial charge in [0.1, 0.15) is 11.2 Å². The molecule has 0 saturated heterocycles. The molecule has 6 nitrogen and oxygen atoms in total. The van der Waals surface area contributed by atoms with Crippen LogP contribution in [0.2, 0.25) is 0 Å². The summed E-state index contributed by atoms with van der Waals surface area (Å²) < 4.78 is 12.3. The highest BCUT2D eigenvalue weighted by molar-refractivity contribution is 5.95. The van der Waals surface area contributed by atoms with Crippen molar-refractivity contribution in [2.45, 2.75) is 71.5 Å². The lowest BCUT2D eigenvalue weighted by molar-refractivity contribution is -0.181. The third kappa shape index (κ3) is 4.29. The summed E-state index contributed by atoms with van der Waals surface area (Å²) in [6.45, 7) is 9.56. The molecule has 190 valence electrons. The zero-order chi connectivity index (χ0) is 25.9. The normalized spacial score (nSPS) is 12.4. The first-order chi connectivity index (χ1) is 17.3. The largest absolute Gasteiger partial charge is 0.453 e. The third-order valence-corrected chi connectivity index (χ3v) is 7.74. The summed E-state index contributed by atoms with van der Waals surface area (Å²) in [5.74, 6) is -2.21. The van der Waals surface area contributed by atoms with Crippen LogP contribution in [-0.2, 0) is 30.3 Å². The zero-order valence-corrected chi connectivity index (χ0v) is 21.8. The number of para-hydroxylation sites is 2. The van der Waals surface area contributed by atoms with Gasteiger partial charge in [-0.1, -0.05) is 64.1 Å². The van der Waals surface area contributed by atoms with E-state index in [0.29, 0.717) is 25.7 Å². The van der Waals surface area contributed by atoms with Crippen LogP contribution in [0, 0.1) is 5.92 Å². The van der Waals surface area contributed by atoms with Gasteiger partial charge in [-0.25, -0.2) is 0 Å². The smallest absolute Gasteiger partial charge is 0.320 e. The highest BCUT2D eigenvalue weighted by atomic mass is 16.6. The van der Waals surface area contributed by atoms with Crippen molar-refractivity contribution in [2.24, 2.45) is 5.92 Å². The molecule has 0 unspecified atom stereocenters. The molecular formula is C30H36N2O4. The molecule has 0 amide bonds. The van der Waals surface area contributed by atoms with Crippen LogP contribution >= 0.6 is 0 Å². The molecule has 6 heteroatoms. The fourth-order valence-electron chi connectivity index (χ4n) is 5.22. The number of rotatable bonds is 10. The number of hydrogen-bond donors (Lipinski definition) is 2. The second kappa shape index (κ2) is 10.2. The lowest BCUT2D eigenvalue weighted by atomic mass is 9.87. The standard InChI is InChI=1S/C30H36N2O4/c1-6-29(7-2,23-18-31-25-16-12-10-14-21(23)25)35-27(33)20(5)28(34)36-30(8-3,9-4)24-19-32-26-17-13-11-15-22(24)26/h10-20,31-32H,6-9H2,1-5H3. The molecule has 0 saturated carbocycles. The Balaban J connectivity index is 1.59. The van der Waals surface area contributed by atoms with Crippen molar-refractivity contribution >= 4 is 33.7 Å². The number of hydrogen-bond acceptors (Lipinski definition) is 4. The summed E-state index contributed by atoms with van der Waals surface area (Å²) in [7, 11) is 0. The summed E-state index contributed by atoms with van der Waals surface area (Å²) in [5.41, 5.74) is 2.14. The Bertz CT molecular complexity index is 1250. The van der Waals surface area contributed by atoms with Crippen molar-refractivity contribution in [3.63, 3.8) is 0 Å². The van der Waals surface area contributed by atoms with Gasteiger partial charge in [0.15, 0.2) is 5.92 Å². The maximum atomic E-state index is 13.4. The van der Waals surface area contributed by atoms with E-state index in [9.17, 15) is 9.59 Å². The Labute approximate surface area is 212 Å². The first-order valence-corrected chi connectivity index (χ1v) is 12.9. The van der Waals surface area contributed by atoms with Crippen LogP contribution in [0.15, 0.2) is 60.9 Å². The Morgan fingerprint density at radius 1 is 0.694 bits per heavy atom. The van der Waals surface area contributed by atoms with Crippen molar-refractivity contribution < 1.29 is 19.1 Å². The van der Waals surface area contributed by atoms with Gasteiger partial charge in [-0.15, -0.1) is 0 Å². The fourth-order valence-corrected chi connectivity index (χ4v) is 5.22. The van der Waals surface area contributed by atoms with Gasteiger partial charge >= 0.3 is 11.9 Å². The Morgan fingerprint density at radius 2 is 1.06 bits per heavy atom. The summed E-state index contributed by atoms with van der Waals surface area (Å²) in [6, 6.07) is 15.9. The minimum Gasteiger partial charge on any atom is -0.453 e. The molecule has 36 heavy (non-hydrogen) atoms. The van der Waals surface area contributed by atoms with Gasteiger partial charge in [0.2, 0.25) is 0 Å². The Hall–Kier alpha value is -3.54. The molecule has 0 spiro atoms. The average Bonchev–Trinajstić information content (AvgIpc) is 3.55. The zero-order valence-electron chi connectivity index (χ0n) is 21.8. The van der Waals surface area contributed by atoms with Gasteiger partial charge in [0, 0.05) is 45.3 Å². The van der Waals surface area contributed by atoms with Crippen LogP contribution in [0.3, 0.4) is 0 Å². The number of ether oxygens (including phenoxy) is 2. The van der Waals surface area contributed by atoms with Crippen molar-refractivity contribution in [3.8, 4) is 0 Å². The van der Waals surface area contributed by atoms with E-state index in [0.717, 1.165) is 32.9 Å². The molecule has 2 heterocycles. The molecule has 0 radical (unpaired) electrons. The SMILES string of the molecule is CCC(CC)(OC(=O)C(C)C(=O)OC(CC)(CC)c1c[nH]c2ccccc12)c1c[nH]c2ccccc12. The third-order valence-electron chi connectivity index (χ3n) is 7.74. The van der Waals surface area contributed by atoms with Crippen LogP contribution < -0.4 is 0 Å². The van der Waals surface area contributed by atoms with E-state index < -0.39 is 29.1 Å². The van der Waals surface area contributed by atoms with Crippen molar-refractivity contribution in [1.82, 2.24) is 9.97 Å². The lowest BCUT2D eigenvalue weighted by Crippen LogP contribution is -2.39. The van der Waals surface area contributed by atoms with E-state index in [-0.39, 0.29) is 0 Å². The first-order valence-electron chi connectivity index (χ1n) is 12.9. The molecule has 2 aromatic heterocycles. The molecule has 0 atom stereocenters. The van der Waals surface area contributed by atoms with Gasteiger partial charge in [-0.05, 0) is 44.7 Å². The number of carbonyl (C=O) groups is 2. The van der Waals surface area contributed by atoms with Gasteiger partial charge in [0.25, 0.3) is 0 Å². The van der Waals surface area contributed by atoms with Crippen LogP contribution in [0.5, 0.6) is 0 Å². The van der Waals surface area contributed by atoms with E-state index in [1.807, 2.05) is 88.6 Å². The maximum Gasteiger partial charge on any atom is 0.320 e. The van der Waals surface area contributed by atoms with Gasteiger partial charge in [-0.3, -0.25) is 9.59 Å². The summed E-state index contributed by atoms with van der Waals surface area (Å²) >= 11 is 0. The number of aromatic amines is 2. The quantitative estimate of drug-likeness (QED) is 0.184. The molecule has 2 N–H and O–H groups in total. The van der Waals surface area contributed by atoms with Crippen LogP contribution in [-0.4, -0.2) is 21.9 Å². The number of fused-ring (bicyclic) bond motifs is 2. The highest BCUT2D eigenvalue weighted by Gasteiger charge is 2.41. The monoisotopic (exact) mass is 488 g/mol. The summed E-state index contributed by atoms with van der Waals surface area (Å²) in [4.78, 5) is 33.3. The number of aromatic nitrogens is 2. The second-order valence-electron chi connectivity index (χ2n) is 9.46. The fraction of sp³-hybridized carbons (Fsp3) is 0.400. The molecule has 0 aliphatic carbocycles. The van der Waals surface area contributed by atoms with E-state index in [1.54, 1.807) is 6.92 Å². The molecule has 0 aliphatic rings. The lowest BCUT2D eigenvalue weighted by Gasteiger charge is -2.34. The number of carbonyl (C=O) groups excluding carboxylic acids is 2. The second-order valence-corrected chi connectivity index (χ2v) is 9.46. The van der Waals surface area contributed by atoms with Gasteiger partial charge in [0.05, 0.1) is 0 Å². The minimum absolute atomic E-state index is 0.575. The van der Waals surface area contributed by atoms with Crippen LogP contribution in [0.4, 0.5) is 0 Å². The maximum absolute atomic E-state index is 13.4. The number of nitrogens with one attached hydrogen (secondary N) is 2. The van der Waals surface area contributed by atoms with Crippen molar-refractivity contribution in [1.29, 1.82) is 0 Å². The highest BCUT2D eigenvalue weighted by Crippen LogP contribution is 2.40.